The third-order valence-electron chi connectivity index (χ3n) is 6.72. The number of aromatic nitrogens is 2. The van der Waals surface area contributed by atoms with Crippen LogP contribution in [0.2, 0.25) is 0 Å². The summed E-state index contributed by atoms with van der Waals surface area (Å²) in [5, 5.41) is 5.76. The molecule has 1 aliphatic rings. The molecule has 2 heterocycles. The van der Waals surface area contributed by atoms with E-state index in [0.717, 1.165) is 53.2 Å². The Kier molecular flexibility index (Phi) is 7.18. The third-order valence-corrected chi connectivity index (χ3v) is 6.72. The van der Waals surface area contributed by atoms with E-state index >= 15 is 0 Å². The molecule has 3 aromatic carbocycles. The SMILES string of the molecule is CN(C)CCNC(=O)Nc1ccc(-c2ccc3ncn(-c4ccc(N5CCCCC5)cc4)c3c2)cc1. The Bertz CT molecular complexity index is 1300. The van der Waals surface area contributed by atoms with Crippen molar-refractivity contribution in [2.75, 3.05) is 50.5 Å². The Morgan fingerprint density at radius 2 is 1.58 bits per heavy atom. The minimum atomic E-state index is -0.193. The summed E-state index contributed by atoms with van der Waals surface area (Å²) >= 11 is 0. The number of amides is 2. The van der Waals surface area contributed by atoms with Gasteiger partial charge in [0.25, 0.3) is 0 Å². The Labute approximate surface area is 212 Å². The molecule has 36 heavy (non-hydrogen) atoms. The first-order valence-electron chi connectivity index (χ1n) is 12.7. The fourth-order valence-corrected chi connectivity index (χ4v) is 4.68. The van der Waals surface area contributed by atoms with Gasteiger partial charge in [-0.05, 0) is 93.0 Å². The highest BCUT2D eigenvalue weighted by Crippen LogP contribution is 2.28. The topological polar surface area (TPSA) is 65.4 Å². The fourth-order valence-electron chi connectivity index (χ4n) is 4.68. The quantitative estimate of drug-likeness (QED) is 0.372. The van der Waals surface area contributed by atoms with Gasteiger partial charge in [-0.25, -0.2) is 9.78 Å². The number of urea groups is 1. The second-order valence-electron chi connectivity index (χ2n) is 9.64. The lowest BCUT2D eigenvalue weighted by Crippen LogP contribution is -2.34. The van der Waals surface area contributed by atoms with Gasteiger partial charge < -0.3 is 20.4 Å². The molecule has 2 N–H and O–H groups in total. The maximum absolute atomic E-state index is 12.1. The van der Waals surface area contributed by atoms with Gasteiger partial charge in [0, 0.05) is 43.2 Å². The smallest absolute Gasteiger partial charge is 0.319 e. The van der Waals surface area contributed by atoms with E-state index in [2.05, 4.69) is 67.5 Å². The van der Waals surface area contributed by atoms with Gasteiger partial charge in [-0.15, -0.1) is 0 Å². The molecule has 186 valence electrons. The molecule has 1 aromatic heterocycles. The molecular weight excluding hydrogens is 448 g/mol. The number of carbonyl (C=O) groups excluding carboxylic acids is 1. The summed E-state index contributed by atoms with van der Waals surface area (Å²) in [6.07, 6.45) is 5.78. The van der Waals surface area contributed by atoms with E-state index in [0.29, 0.717) is 6.54 Å². The monoisotopic (exact) mass is 482 g/mol. The molecule has 0 aliphatic carbocycles. The second kappa shape index (κ2) is 10.8. The number of anilines is 2. The highest BCUT2D eigenvalue weighted by Gasteiger charge is 2.12. The molecule has 0 bridgehead atoms. The number of rotatable bonds is 7. The summed E-state index contributed by atoms with van der Waals surface area (Å²) in [7, 11) is 3.96. The number of hydrogen-bond donors (Lipinski definition) is 2. The molecule has 7 nitrogen and oxygen atoms in total. The summed E-state index contributed by atoms with van der Waals surface area (Å²) in [5.41, 5.74) is 7.40. The van der Waals surface area contributed by atoms with E-state index in [1.54, 1.807) is 0 Å². The number of nitrogens with one attached hydrogen (secondary N) is 2. The summed E-state index contributed by atoms with van der Waals surface area (Å²) in [6, 6.07) is 22.9. The molecule has 1 aliphatic heterocycles. The summed E-state index contributed by atoms with van der Waals surface area (Å²) in [6.45, 7) is 3.69. The molecule has 1 fully saturated rings. The van der Waals surface area contributed by atoms with Crippen molar-refractivity contribution in [1.82, 2.24) is 19.8 Å². The van der Waals surface area contributed by atoms with E-state index in [9.17, 15) is 4.79 Å². The third kappa shape index (κ3) is 5.52. The van der Waals surface area contributed by atoms with Gasteiger partial charge in [0.05, 0.1) is 11.0 Å². The van der Waals surface area contributed by atoms with Gasteiger partial charge in [0.2, 0.25) is 0 Å². The molecule has 0 spiro atoms. The van der Waals surface area contributed by atoms with Crippen LogP contribution in [-0.4, -0.2) is 60.8 Å². The lowest BCUT2D eigenvalue weighted by molar-refractivity contribution is 0.250. The molecular formula is C29H34N6O. The predicted molar refractivity (Wildman–Crippen MR) is 148 cm³/mol. The molecule has 0 saturated carbocycles. The number of benzene rings is 3. The van der Waals surface area contributed by atoms with Crippen molar-refractivity contribution < 1.29 is 4.79 Å². The van der Waals surface area contributed by atoms with Gasteiger partial charge in [-0.3, -0.25) is 4.57 Å². The van der Waals surface area contributed by atoms with Crippen molar-refractivity contribution in [2.45, 2.75) is 19.3 Å². The number of likely N-dealkylation sites (N-methyl/N-ethyl adjacent to an activating group) is 1. The first-order chi connectivity index (χ1) is 17.6. The Balaban J connectivity index is 1.31. The van der Waals surface area contributed by atoms with Crippen molar-refractivity contribution in [3.63, 3.8) is 0 Å². The molecule has 0 atom stereocenters. The largest absolute Gasteiger partial charge is 0.372 e. The normalized spacial score (nSPS) is 13.8. The van der Waals surface area contributed by atoms with Crippen LogP contribution < -0.4 is 15.5 Å². The van der Waals surface area contributed by atoms with Gasteiger partial charge in [0.1, 0.15) is 6.33 Å². The van der Waals surface area contributed by atoms with Crippen molar-refractivity contribution in [3.8, 4) is 16.8 Å². The average Bonchev–Trinajstić information content (AvgIpc) is 3.33. The van der Waals surface area contributed by atoms with Crippen LogP contribution >= 0.6 is 0 Å². The van der Waals surface area contributed by atoms with E-state index in [-0.39, 0.29) is 6.03 Å². The number of hydrogen-bond acceptors (Lipinski definition) is 4. The average molecular weight is 483 g/mol. The van der Waals surface area contributed by atoms with Crippen molar-refractivity contribution in [2.24, 2.45) is 0 Å². The first kappa shape index (κ1) is 23.9. The minimum Gasteiger partial charge on any atom is -0.372 e. The van der Waals surface area contributed by atoms with Crippen molar-refractivity contribution in [3.05, 3.63) is 73.1 Å². The van der Waals surface area contributed by atoms with Crippen LogP contribution in [0.4, 0.5) is 16.2 Å². The molecule has 5 rings (SSSR count). The number of fused-ring (bicyclic) bond motifs is 1. The zero-order chi connectivity index (χ0) is 24.9. The zero-order valence-corrected chi connectivity index (χ0v) is 21.1. The summed E-state index contributed by atoms with van der Waals surface area (Å²) < 4.78 is 2.15. The van der Waals surface area contributed by atoms with Gasteiger partial charge in [-0.2, -0.15) is 0 Å². The Morgan fingerprint density at radius 3 is 2.31 bits per heavy atom. The molecule has 2 amide bonds. The zero-order valence-electron chi connectivity index (χ0n) is 21.1. The lowest BCUT2D eigenvalue weighted by atomic mass is 10.0. The minimum absolute atomic E-state index is 0.193. The predicted octanol–water partition coefficient (Wildman–Crippen LogP) is 5.37. The van der Waals surface area contributed by atoms with Crippen LogP contribution in [-0.2, 0) is 0 Å². The summed E-state index contributed by atoms with van der Waals surface area (Å²) in [5.74, 6) is 0. The first-order valence-corrected chi connectivity index (χ1v) is 12.7. The maximum Gasteiger partial charge on any atom is 0.319 e. The molecule has 7 heteroatoms. The van der Waals surface area contributed by atoms with E-state index < -0.39 is 0 Å². The van der Waals surface area contributed by atoms with Crippen LogP contribution in [0.15, 0.2) is 73.1 Å². The number of imidazole rings is 1. The highest BCUT2D eigenvalue weighted by molar-refractivity contribution is 5.90. The number of carbonyl (C=O) groups is 1. The van der Waals surface area contributed by atoms with Gasteiger partial charge in [-0.1, -0.05) is 18.2 Å². The number of piperidine rings is 1. The van der Waals surface area contributed by atoms with Crippen LogP contribution in [0.3, 0.4) is 0 Å². The molecule has 4 aromatic rings. The van der Waals surface area contributed by atoms with Crippen LogP contribution in [0.1, 0.15) is 19.3 Å². The van der Waals surface area contributed by atoms with Gasteiger partial charge in [0.15, 0.2) is 0 Å². The van der Waals surface area contributed by atoms with Crippen LogP contribution in [0.5, 0.6) is 0 Å². The van der Waals surface area contributed by atoms with Crippen molar-refractivity contribution >= 4 is 28.4 Å². The van der Waals surface area contributed by atoms with Gasteiger partial charge >= 0.3 is 6.03 Å². The molecule has 0 radical (unpaired) electrons. The van der Waals surface area contributed by atoms with E-state index in [4.69, 9.17) is 0 Å². The lowest BCUT2D eigenvalue weighted by Gasteiger charge is -2.28. The highest BCUT2D eigenvalue weighted by atomic mass is 16.2. The number of nitrogens with zero attached hydrogens (tertiary/aromatic N) is 4. The maximum atomic E-state index is 12.1. The Morgan fingerprint density at radius 1 is 0.889 bits per heavy atom. The van der Waals surface area contributed by atoms with E-state index in [1.165, 1.54) is 24.9 Å². The molecule has 0 unspecified atom stereocenters. The standard InChI is InChI=1S/C29H34N6O/c1-33(2)19-16-30-29(36)32-24-9-6-22(7-10-24)23-8-15-27-28(20-23)35(21-31-27)26-13-11-25(12-14-26)34-17-4-3-5-18-34/h6-15,20-21H,3-5,16-19H2,1-2H3,(H2,30,32,36). The second-order valence-corrected chi connectivity index (χ2v) is 9.64. The fraction of sp³-hybridized carbons (Fsp3) is 0.310. The van der Waals surface area contributed by atoms with Crippen molar-refractivity contribution in [1.29, 1.82) is 0 Å². The van der Waals surface area contributed by atoms with E-state index in [1.807, 2.05) is 49.6 Å². The summed E-state index contributed by atoms with van der Waals surface area (Å²) in [4.78, 5) is 21.2. The Hall–Kier alpha value is -3.84. The molecule has 1 saturated heterocycles. The van der Waals surface area contributed by atoms with Crippen LogP contribution in [0, 0.1) is 0 Å². The van der Waals surface area contributed by atoms with Crippen LogP contribution in [0.25, 0.3) is 27.8 Å².